The van der Waals surface area contributed by atoms with Gasteiger partial charge in [-0.2, -0.15) is 0 Å². The second-order valence-corrected chi connectivity index (χ2v) is 4.24. The van der Waals surface area contributed by atoms with Gasteiger partial charge in [-0.15, -0.1) is 0 Å². The van der Waals surface area contributed by atoms with Gasteiger partial charge in [-0.05, 0) is 12.8 Å². The highest BCUT2D eigenvalue weighted by molar-refractivity contribution is 5.82. The summed E-state index contributed by atoms with van der Waals surface area (Å²) in [7, 11) is 0. The summed E-state index contributed by atoms with van der Waals surface area (Å²) in [5.74, 6) is -0.822. The molecule has 0 radical (unpaired) electrons. The molecule has 0 spiro atoms. The fourth-order valence-corrected chi connectivity index (χ4v) is 1.64. The van der Waals surface area contributed by atoms with Crippen LogP contribution in [0, 0.1) is 5.92 Å². The first kappa shape index (κ1) is 16.7. The zero-order valence-electron chi connectivity index (χ0n) is 11.3. The molecular formula is C12H24N2O4. The maximum absolute atomic E-state index is 11.9. The molecule has 0 heterocycles. The lowest BCUT2D eigenvalue weighted by molar-refractivity contribution is -0.140. The summed E-state index contributed by atoms with van der Waals surface area (Å²) >= 11 is 0. The van der Waals surface area contributed by atoms with Gasteiger partial charge in [0.05, 0.1) is 6.61 Å². The van der Waals surface area contributed by atoms with Crippen LogP contribution in [0.5, 0.6) is 0 Å². The molecule has 0 aromatic carbocycles. The number of aliphatic hydroxyl groups excluding tert-OH is 1. The van der Waals surface area contributed by atoms with Gasteiger partial charge in [0, 0.05) is 13.1 Å². The lowest BCUT2D eigenvalue weighted by atomic mass is 10.0. The van der Waals surface area contributed by atoms with Crippen LogP contribution in [-0.4, -0.2) is 52.9 Å². The van der Waals surface area contributed by atoms with E-state index in [-0.39, 0.29) is 0 Å². The maximum atomic E-state index is 11.9. The molecule has 0 saturated carbocycles. The van der Waals surface area contributed by atoms with Gasteiger partial charge in [-0.25, -0.2) is 9.59 Å². The van der Waals surface area contributed by atoms with E-state index in [2.05, 4.69) is 19.2 Å². The molecule has 0 saturated heterocycles. The maximum Gasteiger partial charge on any atom is 0.328 e. The molecule has 0 aromatic rings. The van der Waals surface area contributed by atoms with Gasteiger partial charge in [-0.3, -0.25) is 0 Å². The average molecular weight is 260 g/mol. The molecule has 6 heteroatoms. The van der Waals surface area contributed by atoms with Crippen LogP contribution in [0.3, 0.4) is 0 Å². The number of aliphatic carboxylic acids is 1. The van der Waals surface area contributed by atoms with Crippen molar-refractivity contribution in [3.8, 4) is 0 Å². The number of nitrogens with one attached hydrogen (secondary N) is 1. The van der Waals surface area contributed by atoms with E-state index in [9.17, 15) is 9.59 Å². The number of nitrogens with zero attached hydrogens (tertiary/aromatic N) is 1. The first-order valence-corrected chi connectivity index (χ1v) is 6.39. The Labute approximate surface area is 108 Å². The predicted molar refractivity (Wildman–Crippen MR) is 68.4 cm³/mol. The predicted octanol–water partition coefficient (Wildman–Crippen LogP) is 0.900. The van der Waals surface area contributed by atoms with Crippen LogP contribution in [0.2, 0.25) is 0 Å². The van der Waals surface area contributed by atoms with Crippen LogP contribution in [-0.2, 0) is 4.79 Å². The van der Waals surface area contributed by atoms with Crippen LogP contribution in [0.4, 0.5) is 4.79 Å². The highest BCUT2D eigenvalue weighted by Gasteiger charge is 2.22. The molecule has 18 heavy (non-hydrogen) atoms. The number of carbonyl (C=O) groups excluding carboxylic acids is 1. The lowest BCUT2D eigenvalue weighted by Gasteiger charge is -2.26. The van der Waals surface area contributed by atoms with Crippen LogP contribution < -0.4 is 5.32 Å². The molecule has 0 rings (SSSR count). The molecule has 6 nitrogen and oxygen atoms in total. The van der Waals surface area contributed by atoms with Gasteiger partial charge in [0.2, 0.25) is 0 Å². The molecule has 0 aliphatic carbocycles. The van der Waals surface area contributed by atoms with Gasteiger partial charge in [0.1, 0.15) is 0 Å². The second kappa shape index (κ2) is 8.74. The Bertz CT molecular complexity index is 267. The quantitative estimate of drug-likeness (QED) is 0.605. The van der Waals surface area contributed by atoms with Crippen molar-refractivity contribution in [2.24, 2.45) is 5.92 Å². The van der Waals surface area contributed by atoms with E-state index in [1.165, 1.54) is 0 Å². The molecule has 3 N–H and O–H groups in total. The van der Waals surface area contributed by atoms with Crippen LogP contribution in [0.15, 0.2) is 0 Å². The zero-order valence-corrected chi connectivity index (χ0v) is 11.3. The third-order valence-corrected chi connectivity index (χ3v) is 3.08. The number of hydrogen-bond donors (Lipinski definition) is 3. The van der Waals surface area contributed by atoms with Gasteiger partial charge >= 0.3 is 12.0 Å². The molecule has 0 aromatic heterocycles. The van der Waals surface area contributed by atoms with E-state index in [1.54, 1.807) is 4.90 Å². The molecule has 0 aliphatic heterocycles. The smallest absolute Gasteiger partial charge is 0.328 e. The van der Waals surface area contributed by atoms with Crippen LogP contribution in [0.1, 0.15) is 33.6 Å². The number of carbonyl (C=O) groups is 2. The minimum atomic E-state index is -1.24. The monoisotopic (exact) mass is 260 g/mol. The van der Waals surface area contributed by atoms with Crippen LogP contribution in [0.25, 0.3) is 0 Å². The standard InChI is InChI=1S/C12H24N2O4/c1-4-9(5-2)7-14(6-3)12(18)13-10(8-15)11(16)17/h9-10,15H,4-8H2,1-3H3,(H,13,18)(H,16,17). The van der Waals surface area contributed by atoms with Crippen molar-refractivity contribution in [2.45, 2.75) is 39.7 Å². The molecule has 1 unspecified atom stereocenters. The van der Waals surface area contributed by atoms with E-state index in [4.69, 9.17) is 10.2 Å². The van der Waals surface area contributed by atoms with E-state index in [1.807, 2.05) is 6.92 Å². The Morgan fingerprint density at radius 3 is 2.11 bits per heavy atom. The van der Waals surface area contributed by atoms with Crippen molar-refractivity contribution in [3.63, 3.8) is 0 Å². The van der Waals surface area contributed by atoms with E-state index in [0.29, 0.717) is 19.0 Å². The lowest BCUT2D eigenvalue weighted by Crippen LogP contribution is -2.50. The average Bonchev–Trinajstić information content (AvgIpc) is 2.36. The van der Waals surface area contributed by atoms with Crippen molar-refractivity contribution in [3.05, 3.63) is 0 Å². The minimum absolute atomic E-state index is 0.410. The second-order valence-electron chi connectivity index (χ2n) is 4.24. The third kappa shape index (κ3) is 5.35. The van der Waals surface area contributed by atoms with Gasteiger partial charge < -0.3 is 20.4 Å². The van der Waals surface area contributed by atoms with Gasteiger partial charge in [0.25, 0.3) is 0 Å². The number of aliphatic hydroxyl groups is 1. The van der Waals surface area contributed by atoms with Crippen molar-refractivity contribution < 1.29 is 19.8 Å². The van der Waals surface area contributed by atoms with Gasteiger partial charge in [-0.1, -0.05) is 26.7 Å². The van der Waals surface area contributed by atoms with Crippen molar-refractivity contribution in [1.29, 1.82) is 0 Å². The molecule has 0 bridgehead atoms. The highest BCUT2D eigenvalue weighted by Crippen LogP contribution is 2.10. The first-order chi connectivity index (χ1) is 8.49. The highest BCUT2D eigenvalue weighted by atomic mass is 16.4. The first-order valence-electron chi connectivity index (χ1n) is 6.39. The molecule has 2 amide bonds. The SMILES string of the molecule is CCC(CC)CN(CC)C(=O)NC(CO)C(=O)O. The Kier molecular flexibility index (Phi) is 8.11. The van der Waals surface area contributed by atoms with E-state index >= 15 is 0 Å². The number of amides is 2. The summed E-state index contributed by atoms with van der Waals surface area (Å²) in [5, 5.41) is 19.9. The molecule has 0 aliphatic rings. The summed E-state index contributed by atoms with van der Waals surface area (Å²) < 4.78 is 0. The third-order valence-electron chi connectivity index (χ3n) is 3.08. The van der Waals surface area contributed by atoms with E-state index in [0.717, 1.165) is 12.8 Å². The summed E-state index contributed by atoms with van der Waals surface area (Å²) in [6.45, 7) is 6.48. The molecular weight excluding hydrogens is 236 g/mol. The number of carboxylic acids is 1. The van der Waals surface area contributed by atoms with E-state index < -0.39 is 24.6 Å². The summed E-state index contributed by atoms with van der Waals surface area (Å²) in [4.78, 5) is 24.1. The molecule has 1 atom stereocenters. The van der Waals surface area contributed by atoms with Crippen molar-refractivity contribution >= 4 is 12.0 Å². The summed E-state index contributed by atoms with van der Waals surface area (Å²) in [5.41, 5.74) is 0. The van der Waals surface area contributed by atoms with Crippen LogP contribution >= 0.6 is 0 Å². The number of rotatable bonds is 8. The number of urea groups is 1. The summed E-state index contributed by atoms with van der Waals surface area (Å²) in [6, 6.07) is -1.68. The normalized spacial score (nSPS) is 12.3. The Balaban J connectivity index is 4.46. The number of carboxylic acid groups (broad SMARTS) is 1. The Morgan fingerprint density at radius 1 is 1.22 bits per heavy atom. The zero-order chi connectivity index (χ0) is 14.1. The molecule has 106 valence electrons. The fraction of sp³-hybridized carbons (Fsp3) is 0.833. The van der Waals surface area contributed by atoms with Crippen molar-refractivity contribution in [2.75, 3.05) is 19.7 Å². The van der Waals surface area contributed by atoms with Gasteiger partial charge in [0.15, 0.2) is 6.04 Å². The molecule has 0 fully saturated rings. The topological polar surface area (TPSA) is 89.9 Å². The Hall–Kier alpha value is -1.30. The van der Waals surface area contributed by atoms with Crippen molar-refractivity contribution in [1.82, 2.24) is 10.2 Å². The Morgan fingerprint density at radius 2 is 1.78 bits per heavy atom. The fourth-order valence-electron chi connectivity index (χ4n) is 1.64. The minimum Gasteiger partial charge on any atom is -0.480 e. The summed E-state index contributed by atoms with van der Waals surface area (Å²) in [6.07, 6.45) is 1.95. The number of hydrogen-bond acceptors (Lipinski definition) is 3. The largest absolute Gasteiger partial charge is 0.480 e.